The second-order valence-corrected chi connectivity index (χ2v) is 5.20. The van der Waals surface area contributed by atoms with Crippen LogP contribution in [0.3, 0.4) is 0 Å². The molecule has 0 bridgehead atoms. The maximum absolute atomic E-state index is 11.5. The van der Waals surface area contributed by atoms with Gasteiger partial charge in [-0.05, 0) is 48.4 Å². The van der Waals surface area contributed by atoms with Crippen molar-refractivity contribution < 1.29 is 9.90 Å². The number of carboxylic acid groups (broad SMARTS) is 1. The molecule has 0 aliphatic carbocycles. The van der Waals surface area contributed by atoms with Crippen LogP contribution in [-0.4, -0.2) is 34.6 Å². The summed E-state index contributed by atoms with van der Waals surface area (Å²) in [6.07, 6.45) is 4.30. The first kappa shape index (κ1) is 12.8. The molecule has 0 spiro atoms. The Morgan fingerprint density at radius 2 is 2.20 bits per heavy atom. The number of hydrogen-bond acceptors (Lipinski definition) is 3. The molecule has 0 saturated carbocycles. The molecule has 1 aliphatic rings. The van der Waals surface area contributed by atoms with Crippen LogP contribution in [-0.2, 0) is 13.0 Å². The molecular formula is C16H16N2O2. The molecule has 2 heterocycles. The van der Waals surface area contributed by atoms with E-state index in [4.69, 9.17) is 0 Å². The molecule has 0 saturated heterocycles. The van der Waals surface area contributed by atoms with Crippen molar-refractivity contribution in [1.82, 2.24) is 9.88 Å². The molecule has 20 heavy (non-hydrogen) atoms. The van der Waals surface area contributed by atoms with E-state index >= 15 is 0 Å². The third kappa shape index (κ3) is 2.30. The van der Waals surface area contributed by atoms with Crippen LogP contribution >= 0.6 is 0 Å². The van der Waals surface area contributed by atoms with Crippen molar-refractivity contribution in [2.24, 2.45) is 0 Å². The maximum Gasteiger partial charge on any atom is 0.336 e. The Morgan fingerprint density at radius 1 is 1.35 bits per heavy atom. The fourth-order valence-corrected chi connectivity index (χ4v) is 2.69. The summed E-state index contributed by atoms with van der Waals surface area (Å²) in [6.45, 7) is 1.83. The number of aromatic nitrogens is 1. The van der Waals surface area contributed by atoms with Crippen molar-refractivity contribution in [1.29, 1.82) is 0 Å². The zero-order valence-electron chi connectivity index (χ0n) is 11.3. The number of benzene rings is 1. The van der Waals surface area contributed by atoms with Crippen molar-refractivity contribution in [3.63, 3.8) is 0 Å². The Balaban J connectivity index is 2.17. The summed E-state index contributed by atoms with van der Waals surface area (Å²) in [4.78, 5) is 17.8. The fourth-order valence-electron chi connectivity index (χ4n) is 2.69. The topological polar surface area (TPSA) is 53.4 Å². The predicted molar refractivity (Wildman–Crippen MR) is 76.7 cm³/mol. The van der Waals surface area contributed by atoms with Crippen molar-refractivity contribution in [3.05, 3.63) is 53.3 Å². The van der Waals surface area contributed by atoms with Gasteiger partial charge in [0.05, 0.1) is 5.56 Å². The Bertz CT molecular complexity index is 653. The summed E-state index contributed by atoms with van der Waals surface area (Å²) in [5, 5.41) is 9.45. The van der Waals surface area contributed by atoms with Crippen LogP contribution in [0.25, 0.3) is 11.1 Å². The van der Waals surface area contributed by atoms with Gasteiger partial charge in [0.1, 0.15) is 0 Å². The standard InChI is InChI=1S/C16H16N2O2/c1-18-6-4-11-7-15(16(19)20)14(8-13(11)10-18)12-3-2-5-17-9-12/h2-3,5,7-9H,4,6,10H2,1H3,(H,19,20). The molecule has 1 N–H and O–H groups in total. The predicted octanol–water partition coefficient (Wildman–Crippen LogP) is 2.43. The van der Waals surface area contributed by atoms with Gasteiger partial charge in [-0.2, -0.15) is 0 Å². The number of nitrogens with zero attached hydrogens (tertiary/aromatic N) is 2. The first-order valence-electron chi connectivity index (χ1n) is 6.63. The van der Waals surface area contributed by atoms with Gasteiger partial charge in [-0.1, -0.05) is 6.07 Å². The normalized spacial score (nSPS) is 14.8. The zero-order chi connectivity index (χ0) is 14.1. The Hall–Kier alpha value is -2.20. The van der Waals surface area contributed by atoms with Crippen molar-refractivity contribution in [3.8, 4) is 11.1 Å². The van der Waals surface area contributed by atoms with Gasteiger partial charge >= 0.3 is 5.97 Å². The number of pyridine rings is 1. The van der Waals surface area contributed by atoms with E-state index < -0.39 is 5.97 Å². The number of carbonyl (C=O) groups is 1. The minimum absolute atomic E-state index is 0.362. The monoisotopic (exact) mass is 268 g/mol. The molecule has 2 aromatic rings. The van der Waals surface area contributed by atoms with E-state index in [1.807, 2.05) is 24.3 Å². The second-order valence-electron chi connectivity index (χ2n) is 5.20. The first-order valence-corrected chi connectivity index (χ1v) is 6.63. The minimum Gasteiger partial charge on any atom is -0.478 e. The number of aromatic carboxylic acids is 1. The summed E-state index contributed by atoms with van der Waals surface area (Å²) in [7, 11) is 2.08. The summed E-state index contributed by atoms with van der Waals surface area (Å²) in [5.41, 5.74) is 4.32. The minimum atomic E-state index is -0.884. The molecule has 0 fully saturated rings. The largest absolute Gasteiger partial charge is 0.478 e. The molecule has 0 unspecified atom stereocenters. The average Bonchev–Trinajstić information content (AvgIpc) is 2.46. The molecule has 1 aromatic carbocycles. The van der Waals surface area contributed by atoms with E-state index in [-0.39, 0.29) is 0 Å². The molecule has 0 atom stereocenters. The molecule has 0 radical (unpaired) electrons. The van der Waals surface area contributed by atoms with Gasteiger partial charge in [0, 0.05) is 31.0 Å². The molecular weight excluding hydrogens is 252 g/mol. The van der Waals surface area contributed by atoms with E-state index in [1.165, 1.54) is 5.56 Å². The van der Waals surface area contributed by atoms with Crippen LogP contribution in [0, 0.1) is 0 Å². The lowest BCUT2D eigenvalue weighted by Crippen LogP contribution is -2.27. The van der Waals surface area contributed by atoms with Gasteiger partial charge in [-0.15, -0.1) is 0 Å². The van der Waals surface area contributed by atoms with E-state index in [9.17, 15) is 9.90 Å². The highest BCUT2D eigenvalue weighted by atomic mass is 16.4. The fraction of sp³-hybridized carbons (Fsp3) is 0.250. The van der Waals surface area contributed by atoms with Crippen molar-refractivity contribution in [2.45, 2.75) is 13.0 Å². The SMILES string of the molecule is CN1CCc2cc(C(=O)O)c(-c3cccnc3)cc2C1. The maximum atomic E-state index is 11.5. The summed E-state index contributed by atoms with van der Waals surface area (Å²) >= 11 is 0. The lowest BCUT2D eigenvalue weighted by Gasteiger charge is -2.26. The number of fused-ring (bicyclic) bond motifs is 1. The van der Waals surface area contributed by atoms with Gasteiger partial charge in [-0.3, -0.25) is 4.98 Å². The molecule has 4 heteroatoms. The highest BCUT2D eigenvalue weighted by Gasteiger charge is 2.19. The molecule has 1 aromatic heterocycles. The van der Waals surface area contributed by atoms with Gasteiger partial charge in [-0.25, -0.2) is 4.79 Å². The highest BCUT2D eigenvalue weighted by molar-refractivity contribution is 5.96. The second kappa shape index (κ2) is 5.06. The molecule has 1 aliphatic heterocycles. The summed E-state index contributed by atoms with van der Waals surface area (Å²) < 4.78 is 0. The molecule has 4 nitrogen and oxygen atoms in total. The number of carboxylic acids is 1. The Morgan fingerprint density at radius 3 is 2.90 bits per heavy atom. The number of hydrogen-bond donors (Lipinski definition) is 1. The van der Waals surface area contributed by atoms with Crippen LogP contribution in [0.2, 0.25) is 0 Å². The third-order valence-corrected chi connectivity index (χ3v) is 3.75. The summed E-state index contributed by atoms with van der Waals surface area (Å²) in [5.74, 6) is -0.884. The lowest BCUT2D eigenvalue weighted by atomic mass is 9.91. The van der Waals surface area contributed by atoms with Gasteiger partial charge in [0.25, 0.3) is 0 Å². The van der Waals surface area contributed by atoms with Crippen LogP contribution in [0.15, 0.2) is 36.7 Å². The number of likely N-dealkylation sites (N-methyl/N-ethyl adjacent to an activating group) is 1. The smallest absolute Gasteiger partial charge is 0.336 e. The van der Waals surface area contributed by atoms with Gasteiger partial charge < -0.3 is 10.0 Å². The lowest BCUT2D eigenvalue weighted by molar-refractivity contribution is 0.0697. The van der Waals surface area contributed by atoms with E-state index in [2.05, 4.69) is 16.9 Å². The third-order valence-electron chi connectivity index (χ3n) is 3.75. The number of rotatable bonds is 2. The molecule has 102 valence electrons. The van der Waals surface area contributed by atoms with Crippen molar-refractivity contribution >= 4 is 5.97 Å². The first-order chi connectivity index (χ1) is 9.65. The van der Waals surface area contributed by atoms with Gasteiger partial charge in [0.2, 0.25) is 0 Å². The summed E-state index contributed by atoms with van der Waals surface area (Å²) in [6, 6.07) is 7.55. The van der Waals surface area contributed by atoms with Crippen LogP contribution in [0.5, 0.6) is 0 Å². The van der Waals surface area contributed by atoms with Crippen LogP contribution < -0.4 is 0 Å². The highest BCUT2D eigenvalue weighted by Crippen LogP contribution is 2.29. The van der Waals surface area contributed by atoms with E-state index in [0.717, 1.165) is 36.2 Å². The van der Waals surface area contributed by atoms with Crippen molar-refractivity contribution in [2.75, 3.05) is 13.6 Å². The Labute approximate surface area is 117 Å². The van der Waals surface area contributed by atoms with E-state index in [1.54, 1.807) is 12.4 Å². The van der Waals surface area contributed by atoms with Gasteiger partial charge in [0.15, 0.2) is 0 Å². The Kier molecular flexibility index (Phi) is 3.24. The molecule has 0 amide bonds. The quantitative estimate of drug-likeness (QED) is 0.909. The van der Waals surface area contributed by atoms with Crippen LogP contribution in [0.1, 0.15) is 21.5 Å². The average molecular weight is 268 g/mol. The van der Waals surface area contributed by atoms with E-state index in [0.29, 0.717) is 5.56 Å². The van der Waals surface area contributed by atoms with Crippen LogP contribution in [0.4, 0.5) is 0 Å². The molecule has 3 rings (SSSR count). The zero-order valence-corrected chi connectivity index (χ0v) is 11.3.